The molecule has 0 aliphatic heterocycles. The molecule has 5 heteroatoms. The number of hydrogen-bond donors (Lipinski definition) is 1. The molecule has 84 valence electrons. The summed E-state index contributed by atoms with van der Waals surface area (Å²) in [6.45, 7) is 1.35. The van der Waals surface area contributed by atoms with Crippen molar-refractivity contribution in [3.8, 4) is 0 Å². The Bertz CT molecular complexity index is 344. The molecular formula is C10H12BrF2NS. The Hall–Kier alpha value is -0.130. The summed E-state index contributed by atoms with van der Waals surface area (Å²) in [6, 6.07) is 4.55. The van der Waals surface area contributed by atoms with Gasteiger partial charge in [0.2, 0.25) is 0 Å². The van der Waals surface area contributed by atoms with E-state index in [0.717, 1.165) is 10.6 Å². The SMILES string of the molecule is CCSc1ccc(C(F)(F)CN)cc1Br. The topological polar surface area (TPSA) is 26.0 Å². The van der Waals surface area contributed by atoms with E-state index in [2.05, 4.69) is 15.9 Å². The van der Waals surface area contributed by atoms with Crippen molar-refractivity contribution in [2.75, 3.05) is 12.3 Å². The summed E-state index contributed by atoms with van der Waals surface area (Å²) in [5.41, 5.74) is 4.97. The zero-order valence-corrected chi connectivity index (χ0v) is 10.7. The van der Waals surface area contributed by atoms with Crippen LogP contribution in [0, 0.1) is 0 Å². The molecule has 1 aromatic carbocycles. The second kappa shape index (κ2) is 5.27. The van der Waals surface area contributed by atoms with Crippen molar-refractivity contribution in [2.45, 2.75) is 17.7 Å². The Morgan fingerprint density at radius 3 is 2.60 bits per heavy atom. The minimum Gasteiger partial charge on any atom is -0.325 e. The molecule has 1 aromatic rings. The Balaban J connectivity index is 3.01. The molecule has 0 saturated heterocycles. The maximum absolute atomic E-state index is 13.2. The predicted molar refractivity (Wildman–Crippen MR) is 63.5 cm³/mol. The molecule has 0 amide bonds. The van der Waals surface area contributed by atoms with Crippen LogP contribution < -0.4 is 5.73 Å². The van der Waals surface area contributed by atoms with Gasteiger partial charge in [-0.1, -0.05) is 13.0 Å². The molecule has 0 saturated carbocycles. The summed E-state index contributed by atoms with van der Waals surface area (Å²) in [5.74, 6) is -2.04. The smallest absolute Gasteiger partial charge is 0.285 e. The van der Waals surface area contributed by atoms with Crippen LogP contribution >= 0.6 is 27.7 Å². The zero-order chi connectivity index (χ0) is 11.5. The van der Waals surface area contributed by atoms with Crippen LogP contribution in [0.25, 0.3) is 0 Å². The maximum Gasteiger partial charge on any atom is 0.285 e. The largest absolute Gasteiger partial charge is 0.325 e. The van der Waals surface area contributed by atoms with Crippen LogP contribution in [0.4, 0.5) is 8.78 Å². The quantitative estimate of drug-likeness (QED) is 0.859. The molecule has 0 radical (unpaired) electrons. The summed E-state index contributed by atoms with van der Waals surface area (Å²) in [6.07, 6.45) is 0. The van der Waals surface area contributed by atoms with Crippen LogP contribution in [0.2, 0.25) is 0 Å². The first-order chi connectivity index (χ1) is 7.01. The van der Waals surface area contributed by atoms with E-state index in [4.69, 9.17) is 5.73 Å². The third kappa shape index (κ3) is 3.16. The van der Waals surface area contributed by atoms with Crippen LogP contribution in [0.5, 0.6) is 0 Å². The number of rotatable bonds is 4. The summed E-state index contributed by atoms with van der Waals surface area (Å²) >= 11 is 4.88. The lowest BCUT2D eigenvalue weighted by Crippen LogP contribution is -2.25. The van der Waals surface area contributed by atoms with E-state index in [1.165, 1.54) is 12.1 Å². The first-order valence-corrected chi connectivity index (χ1v) is 6.30. The summed E-state index contributed by atoms with van der Waals surface area (Å²) in [7, 11) is 0. The third-order valence-corrected chi connectivity index (χ3v) is 3.78. The number of hydrogen-bond acceptors (Lipinski definition) is 2. The monoisotopic (exact) mass is 295 g/mol. The number of alkyl halides is 2. The van der Waals surface area contributed by atoms with Gasteiger partial charge in [0.15, 0.2) is 0 Å². The second-order valence-corrected chi connectivity index (χ2v) is 5.15. The lowest BCUT2D eigenvalue weighted by molar-refractivity contribution is 0.00584. The van der Waals surface area contributed by atoms with E-state index < -0.39 is 12.5 Å². The molecule has 0 bridgehead atoms. The van der Waals surface area contributed by atoms with Crippen molar-refractivity contribution >= 4 is 27.7 Å². The molecule has 0 heterocycles. The van der Waals surface area contributed by atoms with E-state index >= 15 is 0 Å². The minimum atomic E-state index is -2.95. The summed E-state index contributed by atoms with van der Waals surface area (Å²) in [4.78, 5) is 0.967. The van der Waals surface area contributed by atoms with Gasteiger partial charge < -0.3 is 5.73 Å². The molecule has 0 fully saturated rings. The molecule has 0 aliphatic carbocycles. The molecule has 2 N–H and O–H groups in total. The summed E-state index contributed by atoms with van der Waals surface area (Å²) < 4.78 is 27.2. The predicted octanol–water partition coefficient (Wildman–Crippen LogP) is 3.61. The normalized spacial score (nSPS) is 11.8. The van der Waals surface area contributed by atoms with E-state index in [9.17, 15) is 8.78 Å². The van der Waals surface area contributed by atoms with E-state index in [1.807, 2.05) is 6.92 Å². The van der Waals surface area contributed by atoms with Gasteiger partial charge in [-0.3, -0.25) is 0 Å². The van der Waals surface area contributed by atoms with Crippen LogP contribution in [0.15, 0.2) is 27.6 Å². The highest BCUT2D eigenvalue weighted by Gasteiger charge is 2.29. The number of benzene rings is 1. The lowest BCUT2D eigenvalue weighted by atomic mass is 10.1. The van der Waals surface area contributed by atoms with Crippen molar-refractivity contribution in [2.24, 2.45) is 5.73 Å². The van der Waals surface area contributed by atoms with Gasteiger partial charge in [-0.05, 0) is 33.8 Å². The molecule has 0 unspecified atom stereocenters. The van der Waals surface area contributed by atoms with Crippen molar-refractivity contribution in [1.82, 2.24) is 0 Å². The van der Waals surface area contributed by atoms with Crippen LogP contribution in [0.3, 0.4) is 0 Å². The molecule has 0 aliphatic rings. The van der Waals surface area contributed by atoms with Gasteiger partial charge in [0.25, 0.3) is 5.92 Å². The Morgan fingerprint density at radius 1 is 1.47 bits per heavy atom. The van der Waals surface area contributed by atoms with Gasteiger partial charge in [-0.25, -0.2) is 0 Å². The molecule has 15 heavy (non-hydrogen) atoms. The molecule has 0 aromatic heterocycles. The molecule has 1 nitrogen and oxygen atoms in total. The Morgan fingerprint density at radius 2 is 2.13 bits per heavy atom. The maximum atomic E-state index is 13.2. The highest BCUT2D eigenvalue weighted by molar-refractivity contribution is 9.10. The molecule has 0 atom stereocenters. The lowest BCUT2D eigenvalue weighted by Gasteiger charge is -2.15. The van der Waals surface area contributed by atoms with Crippen molar-refractivity contribution in [1.29, 1.82) is 0 Å². The van der Waals surface area contributed by atoms with E-state index in [0.29, 0.717) is 4.47 Å². The second-order valence-electron chi connectivity index (χ2n) is 2.99. The van der Waals surface area contributed by atoms with Gasteiger partial charge in [-0.2, -0.15) is 8.78 Å². The van der Waals surface area contributed by atoms with E-state index in [-0.39, 0.29) is 5.56 Å². The van der Waals surface area contributed by atoms with Gasteiger partial charge >= 0.3 is 0 Å². The van der Waals surface area contributed by atoms with Gasteiger partial charge in [0.05, 0.1) is 6.54 Å². The first-order valence-electron chi connectivity index (χ1n) is 4.52. The average molecular weight is 296 g/mol. The highest BCUT2D eigenvalue weighted by atomic mass is 79.9. The number of halogens is 3. The fourth-order valence-electron chi connectivity index (χ4n) is 1.12. The van der Waals surface area contributed by atoms with Crippen molar-refractivity contribution in [3.05, 3.63) is 28.2 Å². The van der Waals surface area contributed by atoms with Gasteiger partial charge in [0, 0.05) is 14.9 Å². The van der Waals surface area contributed by atoms with Crippen molar-refractivity contribution < 1.29 is 8.78 Å². The highest BCUT2D eigenvalue weighted by Crippen LogP contribution is 2.33. The fraction of sp³-hybridized carbons (Fsp3) is 0.400. The van der Waals surface area contributed by atoms with Crippen LogP contribution in [0.1, 0.15) is 12.5 Å². The number of nitrogens with two attached hydrogens (primary N) is 1. The third-order valence-electron chi connectivity index (χ3n) is 1.91. The van der Waals surface area contributed by atoms with E-state index in [1.54, 1.807) is 17.8 Å². The number of thioether (sulfide) groups is 1. The summed E-state index contributed by atoms with van der Waals surface area (Å²) in [5, 5.41) is 0. The fourth-order valence-corrected chi connectivity index (χ4v) is 2.51. The molecular weight excluding hydrogens is 284 g/mol. The Labute approximate surface area is 101 Å². The average Bonchev–Trinajstić information content (AvgIpc) is 2.21. The van der Waals surface area contributed by atoms with Gasteiger partial charge in [0.1, 0.15) is 0 Å². The van der Waals surface area contributed by atoms with Crippen LogP contribution in [-0.2, 0) is 5.92 Å². The van der Waals surface area contributed by atoms with Crippen molar-refractivity contribution in [3.63, 3.8) is 0 Å². The standard InChI is InChI=1S/C10H12BrF2NS/c1-2-15-9-4-3-7(5-8(9)11)10(12,13)6-14/h3-5H,2,6,14H2,1H3. The minimum absolute atomic E-state index is 0.0441. The molecule has 0 spiro atoms. The van der Waals surface area contributed by atoms with Crippen LogP contribution in [-0.4, -0.2) is 12.3 Å². The Kier molecular flexibility index (Phi) is 4.55. The molecule has 1 rings (SSSR count). The zero-order valence-electron chi connectivity index (χ0n) is 8.27. The first kappa shape index (κ1) is 12.9. The van der Waals surface area contributed by atoms with Gasteiger partial charge in [-0.15, -0.1) is 11.8 Å².